The van der Waals surface area contributed by atoms with Crippen LogP contribution >= 0.6 is 0 Å². The summed E-state index contributed by atoms with van der Waals surface area (Å²) in [5.74, 6) is -0.229. The summed E-state index contributed by atoms with van der Waals surface area (Å²) in [6.07, 6.45) is 4.09. The fourth-order valence-electron chi connectivity index (χ4n) is 1.87. The summed E-state index contributed by atoms with van der Waals surface area (Å²) in [4.78, 5) is 0. The maximum atomic E-state index is 10.6. The van der Waals surface area contributed by atoms with E-state index in [2.05, 4.69) is 10.2 Å². The van der Waals surface area contributed by atoms with Crippen LogP contribution in [0, 0.1) is 0 Å². The largest absolute Gasteiger partial charge is 0.286 e. The molecule has 2 rings (SSSR count). The lowest BCUT2D eigenvalue weighted by Gasteiger charge is -1.98. The van der Waals surface area contributed by atoms with Gasteiger partial charge in [-0.05, 0) is 17.7 Å². The van der Waals surface area contributed by atoms with E-state index in [-0.39, 0.29) is 5.75 Å². The van der Waals surface area contributed by atoms with E-state index >= 15 is 0 Å². The lowest BCUT2D eigenvalue weighted by Crippen LogP contribution is -2.33. The second-order valence-electron chi connectivity index (χ2n) is 4.82. The van der Waals surface area contributed by atoms with Crippen molar-refractivity contribution in [3.05, 3.63) is 60.4 Å². The van der Waals surface area contributed by atoms with Gasteiger partial charge in [0.2, 0.25) is 0 Å². The van der Waals surface area contributed by atoms with E-state index < -0.39 is 10.1 Å². The van der Waals surface area contributed by atoms with Gasteiger partial charge in [0.05, 0.1) is 18.0 Å². The molecule has 6 nitrogen and oxygen atoms in total. The van der Waals surface area contributed by atoms with E-state index in [0.29, 0.717) is 19.5 Å². The van der Waals surface area contributed by atoms with Crippen molar-refractivity contribution < 1.29 is 17.5 Å². The van der Waals surface area contributed by atoms with Crippen LogP contribution in [0.4, 0.5) is 5.69 Å². The zero-order valence-electron chi connectivity index (χ0n) is 12.0. The van der Waals surface area contributed by atoms with Gasteiger partial charge in [0.25, 0.3) is 10.1 Å². The number of pyridine rings is 1. The van der Waals surface area contributed by atoms with E-state index in [1.165, 1.54) is 0 Å². The van der Waals surface area contributed by atoms with E-state index in [1.54, 1.807) is 0 Å². The van der Waals surface area contributed by atoms with Crippen molar-refractivity contribution in [2.45, 2.75) is 19.5 Å². The Labute approximate surface area is 129 Å². The van der Waals surface area contributed by atoms with Gasteiger partial charge >= 0.3 is 0 Å². The van der Waals surface area contributed by atoms with Crippen LogP contribution in [0.2, 0.25) is 0 Å². The first-order valence-electron chi connectivity index (χ1n) is 6.89. The number of azo groups is 1. The topological polar surface area (TPSA) is 83.0 Å². The van der Waals surface area contributed by atoms with E-state index in [4.69, 9.17) is 4.55 Å². The first-order valence-corrected chi connectivity index (χ1v) is 8.49. The highest BCUT2D eigenvalue weighted by Crippen LogP contribution is 2.11. The molecule has 0 unspecified atom stereocenters. The Kier molecular flexibility index (Phi) is 5.74. The molecule has 116 valence electrons. The number of benzene rings is 1. The average molecular weight is 320 g/mol. The number of hydrogen-bond donors (Lipinski definition) is 1. The van der Waals surface area contributed by atoms with Crippen LogP contribution in [0.5, 0.6) is 0 Å². The molecule has 1 N–H and O–H groups in total. The minimum Gasteiger partial charge on any atom is -0.286 e. The van der Waals surface area contributed by atoms with Crippen LogP contribution in [0.1, 0.15) is 12.0 Å². The van der Waals surface area contributed by atoms with E-state index in [1.807, 2.05) is 59.4 Å². The molecule has 0 aliphatic carbocycles. The maximum absolute atomic E-state index is 10.6. The number of aromatic nitrogens is 1. The molecule has 0 fully saturated rings. The monoisotopic (exact) mass is 320 g/mol. The molecule has 0 saturated heterocycles. The zero-order valence-corrected chi connectivity index (χ0v) is 12.9. The van der Waals surface area contributed by atoms with Gasteiger partial charge in [0, 0.05) is 18.6 Å². The number of hydrogen-bond acceptors (Lipinski definition) is 4. The minimum absolute atomic E-state index is 0.229. The molecule has 1 heterocycles. The van der Waals surface area contributed by atoms with Crippen molar-refractivity contribution in [1.29, 1.82) is 0 Å². The zero-order chi connectivity index (χ0) is 15.8. The summed E-state index contributed by atoms with van der Waals surface area (Å²) >= 11 is 0. The smallest absolute Gasteiger partial charge is 0.265 e. The molecule has 22 heavy (non-hydrogen) atoms. The lowest BCUT2D eigenvalue weighted by atomic mass is 10.3. The van der Waals surface area contributed by atoms with Gasteiger partial charge in [0.1, 0.15) is 6.54 Å². The van der Waals surface area contributed by atoms with Crippen LogP contribution in [0.3, 0.4) is 0 Å². The van der Waals surface area contributed by atoms with Crippen molar-refractivity contribution in [2.24, 2.45) is 10.2 Å². The van der Waals surface area contributed by atoms with Crippen molar-refractivity contribution in [3.8, 4) is 0 Å². The normalized spacial score (nSPS) is 11.9. The third kappa shape index (κ3) is 6.11. The Morgan fingerprint density at radius 1 is 1.05 bits per heavy atom. The molecule has 0 radical (unpaired) electrons. The van der Waals surface area contributed by atoms with Crippen LogP contribution in [-0.2, 0) is 23.2 Å². The second-order valence-corrected chi connectivity index (χ2v) is 6.39. The molecule has 0 atom stereocenters. The first kappa shape index (κ1) is 16.3. The van der Waals surface area contributed by atoms with Gasteiger partial charge in [-0.2, -0.15) is 18.6 Å². The first-order chi connectivity index (χ1) is 10.5. The van der Waals surface area contributed by atoms with Crippen molar-refractivity contribution >= 4 is 15.8 Å². The van der Waals surface area contributed by atoms with Crippen LogP contribution in [-0.4, -0.2) is 18.7 Å². The third-order valence-corrected chi connectivity index (χ3v) is 3.78. The fraction of sp³-hybridized carbons (Fsp3) is 0.267. The van der Waals surface area contributed by atoms with Crippen molar-refractivity contribution in [2.75, 3.05) is 5.75 Å². The fourth-order valence-corrected chi connectivity index (χ4v) is 2.36. The number of aryl methyl sites for hydroxylation is 1. The Bertz CT molecular complexity index is 713. The van der Waals surface area contributed by atoms with Crippen LogP contribution in [0.25, 0.3) is 0 Å². The molecule has 0 amide bonds. The molecular weight excluding hydrogens is 302 g/mol. The highest BCUT2D eigenvalue weighted by atomic mass is 32.2. The summed E-state index contributed by atoms with van der Waals surface area (Å²) in [5, 5.41) is 8.26. The highest BCUT2D eigenvalue weighted by Gasteiger charge is 2.07. The van der Waals surface area contributed by atoms with E-state index in [9.17, 15) is 8.42 Å². The second kappa shape index (κ2) is 7.77. The number of rotatable bonds is 7. The van der Waals surface area contributed by atoms with Gasteiger partial charge in [-0.15, -0.1) is 0 Å². The molecular formula is C15H18N3O3S+. The number of nitrogens with zero attached hydrogens (tertiary/aromatic N) is 3. The molecule has 0 bridgehead atoms. The summed E-state index contributed by atoms with van der Waals surface area (Å²) in [5.41, 5.74) is 1.84. The summed E-state index contributed by atoms with van der Waals surface area (Å²) in [6.45, 7) is 1.02. The molecule has 0 aliphatic heterocycles. The minimum atomic E-state index is -3.88. The standard InChI is InChI=1S/C15H17N3O3S/c19-22(20,21)12-4-9-18-10-7-14(8-11-18)13-16-17-15-5-2-1-3-6-15/h1-3,5-8,10-11H,4,9,12-13H2/p+1. The predicted molar refractivity (Wildman–Crippen MR) is 82.3 cm³/mol. The molecule has 0 saturated carbocycles. The van der Waals surface area contributed by atoms with Crippen LogP contribution in [0.15, 0.2) is 65.1 Å². The van der Waals surface area contributed by atoms with E-state index in [0.717, 1.165) is 11.3 Å². The highest BCUT2D eigenvalue weighted by molar-refractivity contribution is 7.85. The third-order valence-electron chi connectivity index (χ3n) is 2.97. The van der Waals surface area contributed by atoms with Gasteiger partial charge < -0.3 is 0 Å². The molecule has 0 aliphatic rings. The molecule has 0 spiro atoms. The molecule has 2 aromatic rings. The average Bonchev–Trinajstić information content (AvgIpc) is 2.49. The quantitative estimate of drug-likeness (QED) is 0.483. The molecule has 1 aromatic heterocycles. The van der Waals surface area contributed by atoms with Crippen molar-refractivity contribution in [3.63, 3.8) is 0 Å². The van der Waals surface area contributed by atoms with Gasteiger partial charge in [-0.3, -0.25) is 4.55 Å². The Balaban J connectivity index is 1.83. The Hall–Kier alpha value is -2.12. The Morgan fingerprint density at radius 3 is 2.36 bits per heavy atom. The van der Waals surface area contributed by atoms with Gasteiger partial charge in [0.15, 0.2) is 12.4 Å². The van der Waals surface area contributed by atoms with Crippen LogP contribution < -0.4 is 4.57 Å². The summed E-state index contributed by atoms with van der Waals surface area (Å²) in [7, 11) is -3.88. The molecule has 7 heteroatoms. The lowest BCUT2D eigenvalue weighted by molar-refractivity contribution is -0.696. The predicted octanol–water partition coefficient (Wildman–Crippen LogP) is 2.54. The summed E-state index contributed by atoms with van der Waals surface area (Å²) < 4.78 is 31.8. The van der Waals surface area contributed by atoms with Gasteiger partial charge in [-0.1, -0.05) is 18.2 Å². The van der Waals surface area contributed by atoms with Gasteiger partial charge in [-0.25, -0.2) is 4.57 Å². The molecule has 1 aromatic carbocycles. The van der Waals surface area contributed by atoms with Crippen molar-refractivity contribution in [1.82, 2.24) is 0 Å². The SMILES string of the molecule is O=S(=O)(O)CCC[n+]1ccc(CN=Nc2ccccc2)cc1. The Morgan fingerprint density at radius 2 is 1.73 bits per heavy atom. The summed E-state index contributed by atoms with van der Waals surface area (Å²) in [6, 6.07) is 13.3. The maximum Gasteiger partial charge on any atom is 0.265 e.